The van der Waals surface area contributed by atoms with Gasteiger partial charge >= 0.3 is 0 Å². The highest BCUT2D eigenvalue weighted by molar-refractivity contribution is 14.1. The van der Waals surface area contributed by atoms with Crippen molar-refractivity contribution >= 4 is 67.8 Å². The second-order valence-corrected chi connectivity index (χ2v) is 8.03. The molecule has 0 aromatic heterocycles. The smallest absolute Gasteiger partial charge is 0.146 e. The van der Waals surface area contributed by atoms with E-state index >= 15 is 0 Å². The number of ether oxygens (including phenoxy) is 3. The Morgan fingerprint density at radius 2 is 1.62 bits per heavy atom. The predicted octanol–water partition coefficient (Wildman–Crippen LogP) is 5.02. The van der Waals surface area contributed by atoms with E-state index in [-0.39, 0.29) is 0 Å². The molecule has 0 N–H and O–H groups in total. The van der Waals surface area contributed by atoms with Gasteiger partial charge in [0.15, 0.2) is 0 Å². The van der Waals surface area contributed by atoms with Crippen molar-refractivity contribution in [1.29, 1.82) is 0 Å². The lowest BCUT2D eigenvalue weighted by molar-refractivity contribution is 0.0948. The number of unbranched alkanes of at least 4 members (excludes halogenated alkanes) is 2. The summed E-state index contributed by atoms with van der Waals surface area (Å²) in [5.41, 5.74) is 1.28. The second-order valence-electron chi connectivity index (χ2n) is 4.62. The molecule has 0 saturated heterocycles. The van der Waals surface area contributed by atoms with Gasteiger partial charge in [-0.25, -0.2) is 0 Å². The van der Waals surface area contributed by atoms with Crippen LogP contribution in [0.2, 0.25) is 0 Å². The Balaban J connectivity index is 2.23. The summed E-state index contributed by atoms with van der Waals surface area (Å²) < 4.78 is 20.1. The largest absolute Gasteiger partial charge is 0.489 e. The summed E-state index contributed by atoms with van der Waals surface area (Å²) in [6.07, 6.45) is 3.34. The zero-order chi connectivity index (χ0) is 15.7. The molecule has 6 heteroatoms. The standard InChI is InChI=1S/C15H21I3O3/c1-11-12(16)10-13(17)15(14(11)18)21-9-8-20-7-5-3-4-6-19-2/h10H,3-9H2,1-2H3. The lowest BCUT2D eigenvalue weighted by Gasteiger charge is -2.13. The minimum atomic E-state index is 0.601. The molecule has 0 bridgehead atoms. The average Bonchev–Trinajstić information content (AvgIpc) is 2.46. The van der Waals surface area contributed by atoms with Gasteiger partial charge in [0.25, 0.3) is 0 Å². The van der Waals surface area contributed by atoms with Crippen LogP contribution in [0.1, 0.15) is 24.8 Å². The third-order valence-corrected chi connectivity index (χ3v) is 6.19. The van der Waals surface area contributed by atoms with Crippen molar-refractivity contribution in [1.82, 2.24) is 0 Å². The molecule has 0 fully saturated rings. The molecule has 0 aliphatic carbocycles. The molecule has 0 heterocycles. The quantitative estimate of drug-likeness (QED) is 0.269. The van der Waals surface area contributed by atoms with Gasteiger partial charge in [0, 0.05) is 23.9 Å². The third-order valence-electron chi connectivity index (χ3n) is 2.97. The highest BCUT2D eigenvalue weighted by Gasteiger charge is 2.12. The number of benzene rings is 1. The molecule has 0 radical (unpaired) electrons. The molecule has 0 saturated carbocycles. The van der Waals surface area contributed by atoms with Gasteiger partial charge in [-0.05, 0) is 106 Å². The molecule has 0 aliphatic heterocycles. The predicted molar refractivity (Wildman–Crippen MR) is 111 cm³/mol. The van der Waals surface area contributed by atoms with E-state index < -0.39 is 0 Å². The number of halogens is 3. The van der Waals surface area contributed by atoms with Crippen molar-refractivity contribution in [2.24, 2.45) is 0 Å². The van der Waals surface area contributed by atoms with E-state index in [0.717, 1.165) is 41.8 Å². The van der Waals surface area contributed by atoms with Crippen molar-refractivity contribution in [3.8, 4) is 5.75 Å². The highest BCUT2D eigenvalue weighted by Crippen LogP contribution is 2.32. The van der Waals surface area contributed by atoms with Crippen molar-refractivity contribution in [3.05, 3.63) is 22.3 Å². The van der Waals surface area contributed by atoms with E-state index in [2.05, 4.69) is 80.8 Å². The topological polar surface area (TPSA) is 27.7 Å². The zero-order valence-corrected chi connectivity index (χ0v) is 18.9. The van der Waals surface area contributed by atoms with E-state index in [4.69, 9.17) is 14.2 Å². The van der Waals surface area contributed by atoms with Gasteiger partial charge in [-0.3, -0.25) is 0 Å². The van der Waals surface area contributed by atoms with Crippen molar-refractivity contribution < 1.29 is 14.2 Å². The Morgan fingerprint density at radius 3 is 2.33 bits per heavy atom. The Kier molecular flexibility index (Phi) is 11.2. The molecule has 1 aromatic rings. The summed E-state index contributed by atoms with van der Waals surface area (Å²) in [5.74, 6) is 0.984. The summed E-state index contributed by atoms with van der Waals surface area (Å²) in [6, 6.07) is 2.16. The maximum atomic E-state index is 5.89. The molecule has 0 atom stereocenters. The summed E-state index contributed by atoms with van der Waals surface area (Å²) in [4.78, 5) is 0. The number of hydrogen-bond acceptors (Lipinski definition) is 3. The van der Waals surface area contributed by atoms with Gasteiger partial charge in [0.05, 0.1) is 13.7 Å². The van der Waals surface area contributed by atoms with Gasteiger partial charge in [-0.15, -0.1) is 0 Å². The lowest BCUT2D eigenvalue weighted by Crippen LogP contribution is -2.10. The van der Waals surface area contributed by atoms with Crippen LogP contribution in [0, 0.1) is 17.6 Å². The fourth-order valence-electron chi connectivity index (χ4n) is 1.73. The summed E-state index contributed by atoms with van der Waals surface area (Å²) >= 11 is 7.05. The Labute approximate surface area is 168 Å². The van der Waals surface area contributed by atoms with Crippen LogP contribution in [0.4, 0.5) is 0 Å². The molecule has 120 valence electrons. The van der Waals surface area contributed by atoms with Crippen molar-refractivity contribution in [2.75, 3.05) is 33.5 Å². The maximum Gasteiger partial charge on any atom is 0.146 e. The monoisotopic (exact) mass is 630 g/mol. The van der Waals surface area contributed by atoms with Gasteiger partial charge < -0.3 is 14.2 Å². The fourth-order valence-corrected chi connectivity index (χ4v) is 5.41. The Bertz CT molecular complexity index is 439. The first-order valence-electron chi connectivity index (χ1n) is 6.91. The van der Waals surface area contributed by atoms with Gasteiger partial charge in [-0.2, -0.15) is 0 Å². The van der Waals surface area contributed by atoms with Crippen molar-refractivity contribution in [3.63, 3.8) is 0 Å². The normalized spacial score (nSPS) is 10.9. The maximum absolute atomic E-state index is 5.89. The van der Waals surface area contributed by atoms with Gasteiger partial charge in [-0.1, -0.05) is 0 Å². The number of hydrogen-bond donors (Lipinski definition) is 0. The van der Waals surface area contributed by atoms with Gasteiger partial charge in [0.1, 0.15) is 12.4 Å². The number of rotatable bonds is 10. The van der Waals surface area contributed by atoms with Gasteiger partial charge in [0.2, 0.25) is 0 Å². The molecule has 0 amide bonds. The van der Waals surface area contributed by atoms with E-state index in [9.17, 15) is 0 Å². The molecule has 0 spiro atoms. The molecule has 3 nitrogen and oxygen atoms in total. The minimum absolute atomic E-state index is 0.601. The van der Waals surface area contributed by atoms with E-state index in [1.54, 1.807) is 7.11 Å². The third kappa shape index (κ3) is 7.49. The average molecular weight is 630 g/mol. The first-order chi connectivity index (χ1) is 10.1. The van der Waals surface area contributed by atoms with Crippen LogP contribution in [-0.2, 0) is 9.47 Å². The molecule has 0 aliphatic rings. The summed E-state index contributed by atoms with van der Waals surface area (Å²) in [7, 11) is 1.74. The summed E-state index contributed by atoms with van der Waals surface area (Å²) in [5, 5.41) is 0. The lowest BCUT2D eigenvalue weighted by atomic mass is 10.2. The van der Waals surface area contributed by atoms with Crippen LogP contribution in [-0.4, -0.2) is 33.5 Å². The number of methoxy groups -OCH3 is 1. The van der Waals surface area contributed by atoms with E-state index in [1.165, 1.54) is 12.7 Å². The first kappa shape index (κ1) is 20.2. The molecular weight excluding hydrogens is 609 g/mol. The van der Waals surface area contributed by atoms with E-state index in [1.807, 2.05) is 0 Å². The van der Waals surface area contributed by atoms with Crippen LogP contribution in [0.3, 0.4) is 0 Å². The Hall–Kier alpha value is 1.13. The van der Waals surface area contributed by atoms with Crippen molar-refractivity contribution in [2.45, 2.75) is 26.2 Å². The van der Waals surface area contributed by atoms with Crippen LogP contribution in [0.25, 0.3) is 0 Å². The zero-order valence-electron chi connectivity index (χ0n) is 12.4. The highest BCUT2D eigenvalue weighted by atomic mass is 127. The van der Waals surface area contributed by atoms with Crippen LogP contribution < -0.4 is 4.74 Å². The molecule has 1 aromatic carbocycles. The van der Waals surface area contributed by atoms with Crippen LogP contribution >= 0.6 is 67.8 Å². The Morgan fingerprint density at radius 1 is 0.905 bits per heavy atom. The summed E-state index contributed by atoms with van der Waals surface area (Å²) in [6.45, 7) is 5.01. The molecule has 0 unspecified atom stereocenters. The van der Waals surface area contributed by atoms with Crippen LogP contribution in [0.15, 0.2) is 6.07 Å². The molecule has 1 rings (SSSR count). The fraction of sp³-hybridized carbons (Fsp3) is 0.600. The second kappa shape index (κ2) is 11.6. The van der Waals surface area contributed by atoms with E-state index in [0.29, 0.717) is 13.2 Å². The first-order valence-corrected chi connectivity index (χ1v) is 10.1. The molecule has 21 heavy (non-hydrogen) atoms. The SMILES string of the molecule is COCCCCCOCCOc1c(I)cc(I)c(C)c1I. The van der Waals surface area contributed by atoms with Crippen LogP contribution in [0.5, 0.6) is 5.75 Å². The molecular formula is C15H21I3O3. The minimum Gasteiger partial charge on any atom is -0.489 e.